The first kappa shape index (κ1) is 15.9. The van der Waals surface area contributed by atoms with Gasteiger partial charge >= 0.3 is 0 Å². The third kappa shape index (κ3) is 4.86. The Labute approximate surface area is 112 Å². The van der Waals surface area contributed by atoms with Crippen LogP contribution in [0.4, 0.5) is 0 Å². The van der Waals surface area contributed by atoms with E-state index in [1.54, 1.807) is 11.4 Å². The quantitative estimate of drug-likeness (QED) is 0.805. The first-order valence-corrected chi connectivity index (χ1v) is 8.63. The predicted molar refractivity (Wildman–Crippen MR) is 76.1 cm³/mol. The number of sulfonamides is 1. The minimum atomic E-state index is -3.10. The van der Waals surface area contributed by atoms with Gasteiger partial charge < -0.3 is 5.32 Å². The zero-order valence-electron chi connectivity index (χ0n) is 12.1. The topological polar surface area (TPSA) is 49.4 Å². The third-order valence-electron chi connectivity index (χ3n) is 3.85. The Morgan fingerprint density at radius 1 is 1.22 bits per heavy atom. The van der Waals surface area contributed by atoms with Crippen molar-refractivity contribution >= 4 is 10.0 Å². The summed E-state index contributed by atoms with van der Waals surface area (Å²) in [5.41, 5.74) is 0. The first-order valence-electron chi connectivity index (χ1n) is 7.02. The molecular weight excluding hydrogens is 248 g/mol. The summed E-state index contributed by atoms with van der Waals surface area (Å²) in [5, 5.41) is 3.16. The average Bonchev–Trinajstić information content (AvgIpc) is 2.28. The molecule has 0 aromatic carbocycles. The SMILES string of the molecule is CC1CCC(N(C)S(=O)(=O)CCNC(C)C)CC1. The molecule has 1 aliphatic carbocycles. The van der Waals surface area contributed by atoms with Gasteiger partial charge in [-0.1, -0.05) is 20.8 Å². The first-order chi connectivity index (χ1) is 8.33. The second-order valence-corrected chi connectivity index (χ2v) is 8.00. The molecule has 18 heavy (non-hydrogen) atoms. The minimum absolute atomic E-state index is 0.202. The van der Waals surface area contributed by atoms with E-state index in [1.165, 1.54) is 0 Å². The van der Waals surface area contributed by atoms with Crippen molar-refractivity contribution in [2.45, 2.75) is 58.5 Å². The fourth-order valence-corrected chi connectivity index (χ4v) is 3.78. The van der Waals surface area contributed by atoms with Crippen molar-refractivity contribution in [2.24, 2.45) is 5.92 Å². The minimum Gasteiger partial charge on any atom is -0.313 e. The van der Waals surface area contributed by atoms with Crippen LogP contribution >= 0.6 is 0 Å². The van der Waals surface area contributed by atoms with Crippen LogP contribution in [0.25, 0.3) is 0 Å². The highest BCUT2D eigenvalue weighted by molar-refractivity contribution is 7.89. The van der Waals surface area contributed by atoms with Gasteiger partial charge in [0, 0.05) is 25.7 Å². The molecule has 1 saturated carbocycles. The Bertz CT molecular complexity index is 333. The van der Waals surface area contributed by atoms with Crippen LogP contribution in [0.3, 0.4) is 0 Å². The Balaban J connectivity index is 2.46. The van der Waals surface area contributed by atoms with Crippen molar-refractivity contribution in [1.29, 1.82) is 0 Å². The monoisotopic (exact) mass is 276 g/mol. The molecule has 4 nitrogen and oxygen atoms in total. The van der Waals surface area contributed by atoms with E-state index in [2.05, 4.69) is 12.2 Å². The van der Waals surface area contributed by atoms with Gasteiger partial charge in [-0.3, -0.25) is 0 Å². The lowest BCUT2D eigenvalue weighted by Crippen LogP contribution is -2.42. The van der Waals surface area contributed by atoms with Gasteiger partial charge in [0.05, 0.1) is 5.75 Å². The average molecular weight is 276 g/mol. The Morgan fingerprint density at radius 2 is 1.78 bits per heavy atom. The van der Waals surface area contributed by atoms with Crippen LogP contribution in [0.1, 0.15) is 46.5 Å². The summed E-state index contributed by atoms with van der Waals surface area (Å²) in [6.45, 7) is 6.84. The van der Waals surface area contributed by atoms with E-state index in [4.69, 9.17) is 0 Å². The smallest absolute Gasteiger partial charge is 0.215 e. The van der Waals surface area contributed by atoms with Gasteiger partial charge in [0.15, 0.2) is 0 Å². The Morgan fingerprint density at radius 3 is 2.28 bits per heavy atom. The summed E-state index contributed by atoms with van der Waals surface area (Å²) in [7, 11) is -1.36. The fourth-order valence-electron chi connectivity index (χ4n) is 2.45. The second-order valence-electron chi connectivity index (χ2n) is 5.85. The molecule has 1 fully saturated rings. The Hall–Kier alpha value is -0.130. The van der Waals surface area contributed by atoms with E-state index in [1.807, 2.05) is 13.8 Å². The number of nitrogens with zero attached hydrogens (tertiary/aromatic N) is 1. The molecule has 5 heteroatoms. The van der Waals surface area contributed by atoms with E-state index in [0.29, 0.717) is 12.6 Å². The van der Waals surface area contributed by atoms with Crippen molar-refractivity contribution in [2.75, 3.05) is 19.3 Å². The van der Waals surface area contributed by atoms with E-state index in [0.717, 1.165) is 31.6 Å². The van der Waals surface area contributed by atoms with Gasteiger partial charge in [0.25, 0.3) is 0 Å². The Kier molecular flexibility index (Phi) is 6.08. The molecule has 0 radical (unpaired) electrons. The molecule has 0 heterocycles. The number of hydrogen-bond donors (Lipinski definition) is 1. The van der Waals surface area contributed by atoms with Crippen LogP contribution in [-0.2, 0) is 10.0 Å². The van der Waals surface area contributed by atoms with Crippen LogP contribution in [0.15, 0.2) is 0 Å². The van der Waals surface area contributed by atoms with Gasteiger partial charge in [-0.05, 0) is 31.6 Å². The van der Waals surface area contributed by atoms with Gasteiger partial charge in [0.1, 0.15) is 0 Å². The third-order valence-corrected chi connectivity index (χ3v) is 5.75. The van der Waals surface area contributed by atoms with Gasteiger partial charge in [-0.15, -0.1) is 0 Å². The maximum atomic E-state index is 12.2. The maximum absolute atomic E-state index is 12.2. The molecule has 0 saturated heterocycles. The molecule has 0 bridgehead atoms. The van der Waals surface area contributed by atoms with Crippen molar-refractivity contribution in [1.82, 2.24) is 9.62 Å². The highest BCUT2D eigenvalue weighted by Gasteiger charge is 2.28. The van der Waals surface area contributed by atoms with E-state index in [-0.39, 0.29) is 11.8 Å². The molecular formula is C13H28N2O2S. The molecule has 0 aromatic heterocycles. The highest BCUT2D eigenvalue weighted by atomic mass is 32.2. The summed E-state index contributed by atoms with van der Waals surface area (Å²) < 4.78 is 26.0. The van der Waals surface area contributed by atoms with Crippen molar-refractivity contribution in [3.05, 3.63) is 0 Å². The molecule has 0 aliphatic heterocycles. The molecule has 0 spiro atoms. The van der Waals surface area contributed by atoms with Gasteiger partial charge in [-0.2, -0.15) is 0 Å². The van der Waals surface area contributed by atoms with Crippen molar-refractivity contribution < 1.29 is 8.42 Å². The second kappa shape index (κ2) is 6.87. The summed E-state index contributed by atoms with van der Waals surface area (Å²) >= 11 is 0. The number of hydrogen-bond acceptors (Lipinski definition) is 3. The molecule has 0 unspecified atom stereocenters. The van der Waals surface area contributed by atoms with Crippen LogP contribution < -0.4 is 5.32 Å². The molecule has 0 aromatic rings. The zero-order chi connectivity index (χ0) is 13.8. The van der Waals surface area contributed by atoms with Crippen molar-refractivity contribution in [3.8, 4) is 0 Å². The molecule has 1 rings (SSSR count). The lowest BCUT2D eigenvalue weighted by molar-refractivity contribution is 0.246. The molecule has 0 atom stereocenters. The molecule has 108 valence electrons. The normalized spacial score (nSPS) is 25.9. The van der Waals surface area contributed by atoms with Crippen LogP contribution in [0.5, 0.6) is 0 Å². The van der Waals surface area contributed by atoms with E-state index in [9.17, 15) is 8.42 Å². The molecule has 0 amide bonds. The van der Waals surface area contributed by atoms with Crippen LogP contribution in [-0.4, -0.2) is 44.2 Å². The summed E-state index contributed by atoms with van der Waals surface area (Å²) in [5.74, 6) is 0.952. The summed E-state index contributed by atoms with van der Waals surface area (Å²) in [6.07, 6.45) is 4.31. The van der Waals surface area contributed by atoms with Crippen LogP contribution in [0.2, 0.25) is 0 Å². The largest absolute Gasteiger partial charge is 0.313 e. The lowest BCUT2D eigenvalue weighted by Gasteiger charge is -2.32. The summed E-state index contributed by atoms with van der Waals surface area (Å²) in [4.78, 5) is 0. The lowest BCUT2D eigenvalue weighted by atomic mass is 9.87. The highest BCUT2D eigenvalue weighted by Crippen LogP contribution is 2.27. The standard InChI is InChI=1S/C13H28N2O2S/c1-11(2)14-9-10-18(16,17)15(4)13-7-5-12(3)6-8-13/h11-14H,5-10H2,1-4H3. The predicted octanol–water partition coefficient (Wildman–Crippen LogP) is 1.82. The number of rotatable bonds is 6. The zero-order valence-corrected chi connectivity index (χ0v) is 13.0. The van der Waals surface area contributed by atoms with Crippen LogP contribution in [0, 0.1) is 5.92 Å². The molecule has 1 N–H and O–H groups in total. The maximum Gasteiger partial charge on any atom is 0.215 e. The molecule has 1 aliphatic rings. The fraction of sp³-hybridized carbons (Fsp3) is 1.00. The van der Waals surface area contributed by atoms with Gasteiger partial charge in [-0.25, -0.2) is 12.7 Å². The number of nitrogens with one attached hydrogen (secondary N) is 1. The summed E-state index contributed by atoms with van der Waals surface area (Å²) in [6, 6.07) is 0.547. The van der Waals surface area contributed by atoms with Gasteiger partial charge in [0.2, 0.25) is 10.0 Å². The van der Waals surface area contributed by atoms with E-state index >= 15 is 0 Å². The van der Waals surface area contributed by atoms with Crippen molar-refractivity contribution in [3.63, 3.8) is 0 Å². The van der Waals surface area contributed by atoms with E-state index < -0.39 is 10.0 Å².